The third-order valence-corrected chi connectivity index (χ3v) is 5.31. The van der Waals surface area contributed by atoms with Gasteiger partial charge in [-0.25, -0.2) is 0 Å². The van der Waals surface area contributed by atoms with Crippen LogP contribution >= 0.6 is 0 Å². The smallest absolute Gasteiger partial charge is 0.220 e. The highest BCUT2D eigenvalue weighted by molar-refractivity contribution is 5.83. The highest BCUT2D eigenvalue weighted by atomic mass is 16.5. The zero-order chi connectivity index (χ0) is 20.1. The molecule has 158 valence electrons. The third kappa shape index (κ3) is 10.8. The van der Waals surface area contributed by atoms with Gasteiger partial charge in [0, 0.05) is 50.7 Å². The van der Waals surface area contributed by atoms with Crippen molar-refractivity contribution in [3.63, 3.8) is 0 Å². The molecule has 0 aromatic rings. The molecule has 1 saturated carbocycles. The lowest BCUT2D eigenvalue weighted by Gasteiger charge is -2.29. The predicted octanol–water partition coefficient (Wildman–Crippen LogP) is 4.14. The molecule has 5 heteroatoms. The van der Waals surface area contributed by atoms with Crippen LogP contribution in [0.4, 0.5) is 0 Å². The molecule has 1 aliphatic rings. The summed E-state index contributed by atoms with van der Waals surface area (Å²) in [5, 5.41) is 3.13. The molecule has 5 nitrogen and oxygen atoms in total. The van der Waals surface area contributed by atoms with Crippen molar-refractivity contribution in [2.45, 2.75) is 85.1 Å². The van der Waals surface area contributed by atoms with Crippen molar-refractivity contribution in [2.75, 3.05) is 26.4 Å². The molecular formula is C22H41NO4. The Hall–Kier alpha value is -0.940. The van der Waals surface area contributed by atoms with E-state index in [4.69, 9.17) is 9.47 Å². The number of hydrogen-bond acceptors (Lipinski definition) is 4. The van der Waals surface area contributed by atoms with Crippen molar-refractivity contribution in [1.29, 1.82) is 0 Å². The molecule has 1 fully saturated rings. The molecule has 1 aliphatic carbocycles. The maximum absolute atomic E-state index is 12.3. The van der Waals surface area contributed by atoms with Gasteiger partial charge in [-0.3, -0.25) is 9.59 Å². The molecular weight excluding hydrogens is 342 g/mol. The van der Waals surface area contributed by atoms with Gasteiger partial charge >= 0.3 is 0 Å². The van der Waals surface area contributed by atoms with Crippen LogP contribution in [0.2, 0.25) is 0 Å². The molecule has 0 bridgehead atoms. The molecule has 1 N–H and O–H groups in total. The average Bonchev–Trinajstić information content (AvgIpc) is 2.65. The minimum absolute atomic E-state index is 0.107. The van der Waals surface area contributed by atoms with E-state index in [0.717, 1.165) is 58.2 Å². The summed E-state index contributed by atoms with van der Waals surface area (Å²) in [4.78, 5) is 24.3. The Kier molecular flexibility index (Phi) is 12.6. The Morgan fingerprint density at radius 2 is 1.59 bits per heavy atom. The first-order chi connectivity index (χ1) is 12.9. The van der Waals surface area contributed by atoms with Crippen molar-refractivity contribution in [3.8, 4) is 0 Å². The second-order valence-corrected chi connectivity index (χ2v) is 8.37. The Labute approximate surface area is 165 Å². The summed E-state index contributed by atoms with van der Waals surface area (Å²) in [6, 6.07) is 0.234. The number of carbonyl (C=O) groups excluding carboxylic acids is 2. The maximum Gasteiger partial charge on any atom is 0.220 e. The van der Waals surface area contributed by atoms with Gasteiger partial charge in [0.15, 0.2) is 0 Å². The van der Waals surface area contributed by atoms with Crippen LogP contribution in [0.5, 0.6) is 0 Å². The fourth-order valence-corrected chi connectivity index (χ4v) is 3.44. The lowest BCUT2D eigenvalue weighted by molar-refractivity contribution is -0.127. The number of hydrogen-bond donors (Lipinski definition) is 1. The summed E-state index contributed by atoms with van der Waals surface area (Å²) in [7, 11) is 0. The van der Waals surface area contributed by atoms with Gasteiger partial charge in [-0.2, -0.15) is 0 Å². The summed E-state index contributed by atoms with van der Waals surface area (Å²) in [5.74, 6) is 1.46. The van der Waals surface area contributed by atoms with Gasteiger partial charge in [0.25, 0.3) is 0 Å². The number of ether oxygens (including phenoxy) is 2. The standard InChI is InChI=1S/C22H41NO4/c1-5-18(4)22(25)19-9-11-20(12-10-19)23-21(24)8-6-13-26-14-7-15-27-16-17(2)3/h17-20H,5-16H2,1-4H3,(H,23,24). The Morgan fingerprint density at radius 3 is 2.22 bits per heavy atom. The number of ketones is 1. The van der Waals surface area contributed by atoms with E-state index >= 15 is 0 Å². The summed E-state index contributed by atoms with van der Waals surface area (Å²) < 4.78 is 11.1. The monoisotopic (exact) mass is 383 g/mol. The van der Waals surface area contributed by atoms with Crippen LogP contribution in [-0.2, 0) is 19.1 Å². The second-order valence-electron chi connectivity index (χ2n) is 8.37. The van der Waals surface area contributed by atoms with E-state index in [-0.39, 0.29) is 23.8 Å². The summed E-state index contributed by atoms with van der Waals surface area (Å²) in [5.41, 5.74) is 0. The Balaban J connectivity index is 2.01. The lowest BCUT2D eigenvalue weighted by Crippen LogP contribution is -2.39. The van der Waals surface area contributed by atoms with Crippen LogP contribution in [0.3, 0.4) is 0 Å². The van der Waals surface area contributed by atoms with E-state index in [2.05, 4.69) is 26.1 Å². The third-order valence-electron chi connectivity index (χ3n) is 5.31. The van der Waals surface area contributed by atoms with E-state index in [1.165, 1.54) is 0 Å². The number of amides is 1. The zero-order valence-corrected chi connectivity index (χ0v) is 17.9. The van der Waals surface area contributed by atoms with Crippen LogP contribution < -0.4 is 5.32 Å². The van der Waals surface area contributed by atoms with Crippen molar-refractivity contribution in [1.82, 2.24) is 5.32 Å². The number of rotatable bonds is 14. The van der Waals surface area contributed by atoms with E-state index in [1.807, 2.05) is 6.92 Å². The van der Waals surface area contributed by atoms with E-state index in [1.54, 1.807) is 0 Å². The average molecular weight is 384 g/mol. The zero-order valence-electron chi connectivity index (χ0n) is 17.9. The minimum Gasteiger partial charge on any atom is -0.381 e. The van der Waals surface area contributed by atoms with Crippen molar-refractivity contribution < 1.29 is 19.1 Å². The molecule has 0 aromatic heterocycles. The summed E-state index contributed by atoms with van der Waals surface area (Å²) in [6.45, 7) is 11.2. The highest BCUT2D eigenvalue weighted by Gasteiger charge is 2.28. The quantitative estimate of drug-likeness (QED) is 0.458. The van der Waals surface area contributed by atoms with E-state index < -0.39 is 0 Å². The summed E-state index contributed by atoms with van der Waals surface area (Å²) >= 11 is 0. The molecule has 0 aliphatic heterocycles. The van der Waals surface area contributed by atoms with Crippen molar-refractivity contribution in [3.05, 3.63) is 0 Å². The Bertz CT molecular complexity index is 417. The fraction of sp³-hybridized carbons (Fsp3) is 0.909. The van der Waals surface area contributed by atoms with Crippen LogP contribution in [0, 0.1) is 17.8 Å². The first kappa shape index (κ1) is 24.1. The SMILES string of the molecule is CCC(C)C(=O)C1CCC(NC(=O)CCCOCCCOCC(C)C)CC1. The highest BCUT2D eigenvalue weighted by Crippen LogP contribution is 2.28. The number of Topliss-reactive ketones (excluding diaryl/α,β-unsaturated/α-hetero) is 1. The molecule has 27 heavy (non-hydrogen) atoms. The first-order valence-electron chi connectivity index (χ1n) is 10.9. The molecule has 0 spiro atoms. The molecule has 1 rings (SSSR count). The van der Waals surface area contributed by atoms with Gasteiger partial charge < -0.3 is 14.8 Å². The fourth-order valence-electron chi connectivity index (χ4n) is 3.44. The van der Waals surface area contributed by atoms with Crippen LogP contribution in [0.15, 0.2) is 0 Å². The normalized spacial score (nSPS) is 21.2. The molecule has 1 amide bonds. The molecule has 0 heterocycles. The lowest BCUT2D eigenvalue weighted by atomic mass is 9.79. The van der Waals surface area contributed by atoms with E-state index in [9.17, 15) is 9.59 Å². The largest absolute Gasteiger partial charge is 0.381 e. The first-order valence-corrected chi connectivity index (χ1v) is 10.9. The maximum atomic E-state index is 12.3. The molecule has 0 aromatic carbocycles. The van der Waals surface area contributed by atoms with Gasteiger partial charge in [-0.15, -0.1) is 0 Å². The molecule has 1 atom stereocenters. The van der Waals surface area contributed by atoms with Gasteiger partial charge in [0.1, 0.15) is 5.78 Å². The van der Waals surface area contributed by atoms with Gasteiger partial charge in [-0.05, 0) is 50.9 Å². The van der Waals surface area contributed by atoms with Crippen LogP contribution in [-0.4, -0.2) is 44.2 Å². The Morgan fingerprint density at radius 1 is 0.963 bits per heavy atom. The molecule has 1 unspecified atom stereocenters. The molecule has 0 radical (unpaired) electrons. The number of nitrogens with one attached hydrogen (secondary N) is 1. The minimum atomic E-state index is 0.107. The van der Waals surface area contributed by atoms with Crippen molar-refractivity contribution >= 4 is 11.7 Å². The topological polar surface area (TPSA) is 64.6 Å². The van der Waals surface area contributed by atoms with Crippen molar-refractivity contribution in [2.24, 2.45) is 17.8 Å². The van der Waals surface area contributed by atoms with Crippen LogP contribution in [0.25, 0.3) is 0 Å². The van der Waals surface area contributed by atoms with E-state index in [0.29, 0.717) is 31.3 Å². The summed E-state index contributed by atoms with van der Waals surface area (Å²) in [6.07, 6.45) is 6.75. The van der Waals surface area contributed by atoms with Gasteiger partial charge in [0.2, 0.25) is 5.91 Å². The number of carbonyl (C=O) groups is 2. The second kappa shape index (κ2) is 14.1. The van der Waals surface area contributed by atoms with Gasteiger partial charge in [0.05, 0.1) is 0 Å². The van der Waals surface area contributed by atoms with Gasteiger partial charge in [-0.1, -0.05) is 27.7 Å². The predicted molar refractivity (Wildman–Crippen MR) is 109 cm³/mol. The molecule has 0 saturated heterocycles. The van der Waals surface area contributed by atoms with Crippen LogP contribution in [0.1, 0.15) is 79.1 Å².